The predicted molar refractivity (Wildman–Crippen MR) is 93.8 cm³/mol. The summed E-state index contributed by atoms with van der Waals surface area (Å²) in [4.78, 5) is 14.5. The number of piperidine rings is 1. The molecule has 1 aromatic carbocycles. The lowest BCUT2D eigenvalue weighted by molar-refractivity contribution is -0.134. The third kappa shape index (κ3) is 5.54. The highest BCUT2D eigenvalue weighted by Crippen LogP contribution is 2.20. The van der Waals surface area contributed by atoms with Crippen molar-refractivity contribution in [1.82, 2.24) is 10.2 Å². The Balaban J connectivity index is 1.65. The van der Waals surface area contributed by atoms with Crippen molar-refractivity contribution < 1.29 is 9.53 Å². The first-order valence-corrected chi connectivity index (χ1v) is 8.87. The Morgan fingerprint density at radius 1 is 1.35 bits per heavy atom. The number of nitrogens with zero attached hydrogens (tertiary/aromatic N) is 1. The molecule has 1 unspecified atom stereocenters. The fourth-order valence-electron chi connectivity index (χ4n) is 3.28. The zero-order chi connectivity index (χ0) is 16.5. The van der Waals surface area contributed by atoms with Crippen molar-refractivity contribution in [2.24, 2.45) is 0 Å². The van der Waals surface area contributed by atoms with Gasteiger partial charge in [0.2, 0.25) is 5.91 Å². The van der Waals surface area contributed by atoms with Crippen LogP contribution in [0.1, 0.15) is 44.6 Å². The Labute approximate surface area is 140 Å². The minimum absolute atomic E-state index is 0.311. The van der Waals surface area contributed by atoms with Crippen LogP contribution in [0.3, 0.4) is 0 Å². The van der Waals surface area contributed by atoms with Crippen LogP contribution in [0.4, 0.5) is 0 Å². The van der Waals surface area contributed by atoms with Crippen LogP contribution in [0.25, 0.3) is 0 Å². The molecule has 1 aliphatic rings. The number of nitrogens with one attached hydrogen (secondary N) is 1. The highest BCUT2D eigenvalue weighted by atomic mass is 16.5. The van der Waals surface area contributed by atoms with Gasteiger partial charge in [0.15, 0.2) is 0 Å². The second-order valence-corrected chi connectivity index (χ2v) is 6.25. The van der Waals surface area contributed by atoms with E-state index in [2.05, 4.69) is 29.3 Å². The second-order valence-electron chi connectivity index (χ2n) is 6.25. The number of carbonyl (C=O) groups is 1. The van der Waals surface area contributed by atoms with Gasteiger partial charge in [0.25, 0.3) is 0 Å². The molecule has 0 aliphatic carbocycles. The summed E-state index contributed by atoms with van der Waals surface area (Å²) >= 11 is 0. The molecule has 0 bridgehead atoms. The maximum absolute atomic E-state index is 12.4. The molecule has 1 saturated heterocycles. The smallest absolute Gasteiger partial charge is 0.224 e. The number of methoxy groups -OCH3 is 1. The summed E-state index contributed by atoms with van der Waals surface area (Å²) in [6.45, 7) is 4.77. The van der Waals surface area contributed by atoms with Crippen molar-refractivity contribution in [3.63, 3.8) is 0 Å². The van der Waals surface area contributed by atoms with E-state index in [9.17, 15) is 4.79 Å². The van der Waals surface area contributed by atoms with E-state index in [1.54, 1.807) is 7.11 Å². The Morgan fingerprint density at radius 2 is 2.22 bits per heavy atom. The quantitative estimate of drug-likeness (QED) is 0.749. The third-order valence-corrected chi connectivity index (χ3v) is 4.66. The van der Waals surface area contributed by atoms with Gasteiger partial charge in [-0.25, -0.2) is 0 Å². The number of rotatable bonds is 8. The van der Waals surface area contributed by atoms with Crippen LogP contribution in [0.15, 0.2) is 24.3 Å². The van der Waals surface area contributed by atoms with E-state index in [1.165, 1.54) is 18.4 Å². The monoisotopic (exact) mass is 318 g/mol. The van der Waals surface area contributed by atoms with Crippen molar-refractivity contribution in [3.8, 4) is 5.75 Å². The zero-order valence-electron chi connectivity index (χ0n) is 14.5. The SMILES string of the molecule is CCC1CCCCN1C(=O)CCNCCc1cccc(OC)c1. The number of likely N-dealkylation sites (tertiary alicyclic amines) is 1. The Hall–Kier alpha value is -1.55. The molecule has 1 amide bonds. The molecule has 1 atom stereocenters. The Kier molecular flexibility index (Phi) is 7.40. The Morgan fingerprint density at radius 3 is 3.00 bits per heavy atom. The average molecular weight is 318 g/mol. The third-order valence-electron chi connectivity index (χ3n) is 4.66. The van der Waals surface area contributed by atoms with Gasteiger partial charge < -0.3 is 15.0 Å². The largest absolute Gasteiger partial charge is 0.497 e. The average Bonchev–Trinajstić information content (AvgIpc) is 2.61. The summed E-state index contributed by atoms with van der Waals surface area (Å²) in [7, 11) is 1.69. The van der Waals surface area contributed by atoms with Crippen molar-refractivity contribution >= 4 is 5.91 Å². The highest BCUT2D eigenvalue weighted by Gasteiger charge is 2.24. The number of carbonyl (C=O) groups excluding carboxylic acids is 1. The van der Waals surface area contributed by atoms with Gasteiger partial charge in [-0.05, 0) is 56.3 Å². The van der Waals surface area contributed by atoms with Gasteiger partial charge in [0.1, 0.15) is 5.75 Å². The molecule has 1 aliphatic heterocycles. The molecule has 0 aromatic heterocycles. The zero-order valence-corrected chi connectivity index (χ0v) is 14.5. The lowest BCUT2D eigenvalue weighted by Crippen LogP contribution is -2.44. The normalized spacial score (nSPS) is 18.0. The van der Waals surface area contributed by atoms with Crippen LogP contribution < -0.4 is 10.1 Å². The van der Waals surface area contributed by atoms with E-state index in [0.29, 0.717) is 18.4 Å². The number of hydrogen-bond donors (Lipinski definition) is 1. The molecule has 4 heteroatoms. The van der Waals surface area contributed by atoms with E-state index >= 15 is 0 Å². The first-order valence-electron chi connectivity index (χ1n) is 8.87. The Bertz CT molecular complexity index is 490. The summed E-state index contributed by atoms with van der Waals surface area (Å²) < 4.78 is 5.23. The standard InChI is InChI=1S/C19H30N2O2/c1-3-17-8-4-5-14-21(17)19(22)11-13-20-12-10-16-7-6-9-18(15-16)23-2/h6-7,9,15,17,20H,3-5,8,10-14H2,1-2H3. The van der Waals surface area contributed by atoms with Crippen LogP contribution in [-0.4, -0.2) is 43.6 Å². The van der Waals surface area contributed by atoms with Gasteiger partial charge in [-0.15, -0.1) is 0 Å². The van der Waals surface area contributed by atoms with E-state index < -0.39 is 0 Å². The molecule has 1 heterocycles. The summed E-state index contributed by atoms with van der Waals surface area (Å²) in [5.74, 6) is 1.21. The molecule has 0 spiro atoms. The molecular weight excluding hydrogens is 288 g/mol. The molecule has 1 fully saturated rings. The van der Waals surface area contributed by atoms with Crippen LogP contribution in [-0.2, 0) is 11.2 Å². The fraction of sp³-hybridized carbons (Fsp3) is 0.632. The number of hydrogen-bond acceptors (Lipinski definition) is 3. The predicted octanol–water partition coefficient (Wildman–Crippen LogP) is 3.01. The van der Waals surface area contributed by atoms with Crippen LogP contribution in [0.5, 0.6) is 5.75 Å². The number of amides is 1. The molecule has 4 nitrogen and oxygen atoms in total. The van der Waals surface area contributed by atoms with Gasteiger partial charge in [-0.3, -0.25) is 4.79 Å². The lowest BCUT2D eigenvalue weighted by atomic mass is 9.99. The first-order chi connectivity index (χ1) is 11.2. The lowest BCUT2D eigenvalue weighted by Gasteiger charge is -2.35. The van der Waals surface area contributed by atoms with Crippen molar-refractivity contribution in [3.05, 3.63) is 29.8 Å². The van der Waals surface area contributed by atoms with Gasteiger partial charge in [-0.2, -0.15) is 0 Å². The second kappa shape index (κ2) is 9.56. The van der Waals surface area contributed by atoms with Crippen LogP contribution in [0.2, 0.25) is 0 Å². The van der Waals surface area contributed by atoms with Gasteiger partial charge in [-0.1, -0.05) is 19.1 Å². The summed E-state index contributed by atoms with van der Waals surface area (Å²) in [6, 6.07) is 8.60. The van der Waals surface area contributed by atoms with Crippen LogP contribution >= 0.6 is 0 Å². The van der Waals surface area contributed by atoms with E-state index in [0.717, 1.165) is 44.6 Å². The molecule has 128 valence electrons. The highest BCUT2D eigenvalue weighted by molar-refractivity contribution is 5.76. The van der Waals surface area contributed by atoms with E-state index in [-0.39, 0.29) is 0 Å². The van der Waals surface area contributed by atoms with Crippen LogP contribution in [0, 0.1) is 0 Å². The summed E-state index contributed by atoms with van der Waals surface area (Å²) in [5.41, 5.74) is 1.25. The minimum Gasteiger partial charge on any atom is -0.497 e. The summed E-state index contributed by atoms with van der Waals surface area (Å²) in [6.07, 6.45) is 6.23. The van der Waals surface area contributed by atoms with Gasteiger partial charge in [0.05, 0.1) is 7.11 Å². The molecule has 23 heavy (non-hydrogen) atoms. The molecule has 1 aromatic rings. The topological polar surface area (TPSA) is 41.6 Å². The number of ether oxygens (including phenoxy) is 1. The molecule has 1 N–H and O–H groups in total. The molecule has 2 rings (SSSR count). The molecule has 0 radical (unpaired) electrons. The first kappa shape index (κ1) is 17.8. The molecular formula is C19H30N2O2. The van der Waals surface area contributed by atoms with Gasteiger partial charge in [0, 0.05) is 25.6 Å². The van der Waals surface area contributed by atoms with E-state index in [4.69, 9.17) is 4.74 Å². The minimum atomic E-state index is 0.311. The van der Waals surface area contributed by atoms with E-state index in [1.807, 2.05) is 12.1 Å². The van der Waals surface area contributed by atoms with Crippen molar-refractivity contribution in [2.75, 3.05) is 26.7 Å². The fourth-order valence-corrected chi connectivity index (χ4v) is 3.28. The number of benzene rings is 1. The summed E-state index contributed by atoms with van der Waals surface area (Å²) in [5, 5.41) is 3.39. The van der Waals surface area contributed by atoms with Gasteiger partial charge >= 0.3 is 0 Å². The maximum Gasteiger partial charge on any atom is 0.224 e. The van der Waals surface area contributed by atoms with Crippen molar-refractivity contribution in [1.29, 1.82) is 0 Å². The maximum atomic E-state index is 12.4. The molecule has 0 saturated carbocycles. The van der Waals surface area contributed by atoms with Crippen molar-refractivity contribution in [2.45, 2.75) is 51.5 Å².